The molecule has 102 valence electrons. The lowest BCUT2D eigenvalue weighted by Crippen LogP contribution is -1.92. The smallest absolute Gasteiger partial charge is 0.0465 e. The predicted molar refractivity (Wildman–Crippen MR) is 93.0 cm³/mol. The minimum atomic E-state index is 1.10. The molecule has 1 nitrogen and oxygen atoms in total. The molecule has 4 rings (SSSR count). The topological polar surface area (TPSA) is 12.0 Å². The van der Waals surface area contributed by atoms with E-state index in [2.05, 4.69) is 88.8 Å². The molecule has 21 heavy (non-hydrogen) atoms. The van der Waals surface area contributed by atoms with Crippen LogP contribution in [0.1, 0.15) is 5.56 Å². The van der Waals surface area contributed by atoms with E-state index in [4.69, 9.17) is 0 Å². The van der Waals surface area contributed by atoms with Crippen molar-refractivity contribution < 1.29 is 0 Å². The lowest BCUT2D eigenvalue weighted by atomic mass is 9.94. The Kier molecular flexibility index (Phi) is 2.86. The van der Waals surface area contributed by atoms with Crippen molar-refractivity contribution in [1.82, 2.24) is 0 Å². The molecule has 2 heteroatoms. The summed E-state index contributed by atoms with van der Waals surface area (Å²) in [4.78, 5) is 0. The maximum absolute atomic E-state index is 3.59. The summed E-state index contributed by atoms with van der Waals surface area (Å²) in [5.41, 5.74) is 8.62. The van der Waals surface area contributed by atoms with Crippen LogP contribution in [0.25, 0.3) is 22.3 Å². The number of benzene rings is 3. The number of anilines is 2. The fourth-order valence-electron chi connectivity index (χ4n) is 2.94. The van der Waals surface area contributed by atoms with Gasteiger partial charge in [0.2, 0.25) is 0 Å². The van der Waals surface area contributed by atoms with Crippen LogP contribution in [0.3, 0.4) is 0 Å². The second kappa shape index (κ2) is 4.74. The van der Waals surface area contributed by atoms with E-state index in [9.17, 15) is 0 Å². The first-order valence-corrected chi connectivity index (χ1v) is 7.79. The molecule has 1 N–H and O–H groups in total. The van der Waals surface area contributed by atoms with Crippen molar-refractivity contribution in [2.24, 2.45) is 0 Å². The maximum Gasteiger partial charge on any atom is 0.0465 e. The van der Waals surface area contributed by atoms with Crippen molar-refractivity contribution >= 4 is 27.3 Å². The molecule has 3 aromatic rings. The normalized spacial score (nSPS) is 11.7. The zero-order chi connectivity index (χ0) is 14.4. The summed E-state index contributed by atoms with van der Waals surface area (Å²) in [6, 6.07) is 21.6. The minimum Gasteiger partial charge on any atom is -0.355 e. The van der Waals surface area contributed by atoms with Gasteiger partial charge in [-0.3, -0.25) is 0 Å². The van der Waals surface area contributed by atoms with Crippen LogP contribution >= 0.6 is 15.9 Å². The van der Waals surface area contributed by atoms with E-state index in [1.54, 1.807) is 0 Å². The molecule has 0 aromatic heterocycles. The van der Waals surface area contributed by atoms with Crippen molar-refractivity contribution in [3.63, 3.8) is 0 Å². The third-order valence-corrected chi connectivity index (χ3v) is 4.43. The van der Waals surface area contributed by atoms with E-state index < -0.39 is 0 Å². The number of nitrogens with one attached hydrogen (secondary N) is 1. The molecule has 0 radical (unpaired) electrons. The van der Waals surface area contributed by atoms with Gasteiger partial charge < -0.3 is 5.32 Å². The van der Waals surface area contributed by atoms with Gasteiger partial charge in [0.1, 0.15) is 0 Å². The Labute approximate surface area is 132 Å². The van der Waals surface area contributed by atoms with Crippen LogP contribution < -0.4 is 5.32 Å². The molecule has 1 aliphatic rings. The number of rotatable bonds is 0. The highest BCUT2D eigenvalue weighted by Gasteiger charge is 2.18. The van der Waals surface area contributed by atoms with E-state index in [0.29, 0.717) is 0 Å². The van der Waals surface area contributed by atoms with Crippen LogP contribution in [0.4, 0.5) is 11.4 Å². The lowest BCUT2D eigenvalue weighted by molar-refractivity contribution is 1.46. The number of halogens is 1. The van der Waals surface area contributed by atoms with Crippen LogP contribution in [-0.4, -0.2) is 0 Å². The summed E-state index contributed by atoms with van der Waals surface area (Å²) in [6.07, 6.45) is 0. The van der Waals surface area contributed by atoms with E-state index >= 15 is 0 Å². The summed E-state index contributed by atoms with van der Waals surface area (Å²) in [5.74, 6) is 0. The highest BCUT2D eigenvalue weighted by molar-refractivity contribution is 9.10. The second-order valence-electron chi connectivity index (χ2n) is 5.41. The van der Waals surface area contributed by atoms with E-state index in [1.807, 2.05) is 0 Å². The van der Waals surface area contributed by atoms with Crippen LogP contribution in [0.2, 0.25) is 0 Å². The van der Waals surface area contributed by atoms with E-state index in [0.717, 1.165) is 15.8 Å². The Bertz CT molecular complexity index is 781. The van der Waals surface area contributed by atoms with Gasteiger partial charge in [0.15, 0.2) is 0 Å². The van der Waals surface area contributed by atoms with Crippen LogP contribution in [0.15, 0.2) is 65.1 Å². The molecule has 0 spiro atoms. The first kappa shape index (κ1) is 12.7. The molecule has 0 aliphatic carbocycles. The molecular weight excluding hydrogens is 322 g/mol. The third-order valence-electron chi connectivity index (χ3n) is 3.93. The highest BCUT2D eigenvalue weighted by atomic mass is 79.9. The van der Waals surface area contributed by atoms with Gasteiger partial charge in [-0.25, -0.2) is 0 Å². The molecule has 0 saturated heterocycles. The third kappa shape index (κ3) is 2.07. The van der Waals surface area contributed by atoms with Gasteiger partial charge in [-0.2, -0.15) is 0 Å². The van der Waals surface area contributed by atoms with Crippen LogP contribution in [-0.2, 0) is 0 Å². The van der Waals surface area contributed by atoms with Crippen molar-refractivity contribution in [3.8, 4) is 22.3 Å². The monoisotopic (exact) mass is 335 g/mol. The Morgan fingerprint density at radius 1 is 0.714 bits per heavy atom. The van der Waals surface area contributed by atoms with Gasteiger partial charge in [0.05, 0.1) is 0 Å². The number of aryl methyl sites for hydroxylation is 1. The van der Waals surface area contributed by atoms with E-state index in [-0.39, 0.29) is 0 Å². The van der Waals surface area contributed by atoms with Gasteiger partial charge in [0, 0.05) is 27.0 Å². The number of hydrogen-bond acceptors (Lipinski definition) is 1. The molecule has 1 aliphatic heterocycles. The standard InChI is InChI=1S/C19H14BrN/c1-12-6-8-18-16(10-12)14-4-2-3-5-15(14)17-11-13(20)7-9-19(17)21-18/h2-11,21H,1H3. The average Bonchev–Trinajstić information content (AvgIpc) is 2.63. The fourth-order valence-corrected chi connectivity index (χ4v) is 3.30. The molecule has 0 unspecified atom stereocenters. The Hall–Kier alpha value is -2.06. The molecular formula is C19H14BrN. The van der Waals surface area contributed by atoms with Gasteiger partial charge >= 0.3 is 0 Å². The average molecular weight is 336 g/mol. The summed E-state index contributed by atoms with van der Waals surface area (Å²) in [5, 5.41) is 3.58. The number of fused-ring (bicyclic) bond motifs is 5. The largest absolute Gasteiger partial charge is 0.355 e. The first-order valence-electron chi connectivity index (χ1n) is 6.99. The van der Waals surface area contributed by atoms with Crippen molar-refractivity contribution in [3.05, 3.63) is 70.7 Å². The van der Waals surface area contributed by atoms with Gasteiger partial charge in [-0.1, -0.05) is 51.8 Å². The van der Waals surface area contributed by atoms with E-state index in [1.165, 1.54) is 27.8 Å². The molecule has 0 saturated carbocycles. The Balaban J connectivity index is 2.11. The number of hydrogen-bond donors (Lipinski definition) is 1. The zero-order valence-corrected chi connectivity index (χ0v) is 13.2. The summed E-state index contributed by atoms with van der Waals surface area (Å²) in [6.45, 7) is 2.14. The van der Waals surface area contributed by atoms with Crippen LogP contribution in [0, 0.1) is 6.92 Å². The first-order chi connectivity index (χ1) is 10.2. The SMILES string of the molecule is Cc1ccc2c(c1)-c1ccccc1-c1cc(Br)ccc1N2. The van der Waals surface area contributed by atoms with Crippen molar-refractivity contribution in [2.75, 3.05) is 5.32 Å². The second-order valence-corrected chi connectivity index (χ2v) is 6.33. The fraction of sp³-hybridized carbons (Fsp3) is 0.0526. The molecule has 0 bridgehead atoms. The molecule has 0 fully saturated rings. The summed E-state index contributed by atoms with van der Waals surface area (Å²) in [7, 11) is 0. The molecule has 3 aromatic carbocycles. The van der Waals surface area contributed by atoms with Gasteiger partial charge in [0.25, 0.3) is 0 Å². The van der Waals surface area contributed by atoms with Gasteiger partial charge in [-0.05, 0) is 48.4 Å². The highest BCUT2D eigenvalue weighted by Crippen LogP contribution is 2.44. The zero-order valence-electron chi connectivity index (χ0n) is 11.7. The minimum absolute atomic E-state index is 1.10. The van der Waals surface area contributed by atoms with Gasteiger partial charge in [-0.15, -0.1) is 0 Å². The maximum atomic E-state index is 3.59. The Morgan fingerprint density at radius 3 is 2.05 bits per heavy atom. The van der Waals surface area contributed by atoms with Crippen LogP contribution in [0.5, 0.6) is 0 Å². The molecule has 1 heterocycles. The predicted octanol–water partition coefficient (Wildman–Crippen LogP) is 6.15. The summed E-state index contributed by atoms with van der Waals surface area (Å²) < 4.78 is 1.10. The quantitative estimate of drug-likeness (QED) is 0.406. The van der Waals surface area contributed by atoms with Crippen molar-refractivity contribution in [2.45, 2.75) is 6.92 Å². The lowest BCUT2D eigenvalue weighted by Gasteiger charge is -2.10. The Morgan fingerprint density at radius 2 is 1.33 bits per heavy atom. The summed E-state index contributed by atoms with van der Waals surface area (Å²) >= 11 is 3.59. The molecule has 0 amide bonds. The molecule has 0 atom stereocenters. The van der Waals surface area contributed by atoms with Crippen molar-refractivity contribution in [1.29, 1.82) is 0 Å².